The Kier molecular flexibility index (Phi) is 3.41. The van der Waals surface area contributed by atoms with Crippen molar-refractivity contribution >= 4 is 23.7 Å². The largest absolute Gasteiger partial charge is 0.139 e. The van der Waals surface area contributed by atoms with Gasteiger partial charge >= 0.3 is 0 Å². The molecule has 0 spiro atoms. The predicted molar refractivity (Wildman–Crippen MR) is 64.4 cm³/mol. The molecule has 0 atom stereocenters. The minimum atomic E-state index is 0.901. The summed E-state index contributed by atoms with van der Waals surface area (Å²) in [5, 5.41) is 5.82. The van der Waals surface area contributed by atoms with Crippen molar-refractivity contribution in [3.05, 3.63) is 59.1 Å². The summed E-state index contributed by atoms with van der Waals surface area (Å²) in [6.07, 6.45) is 7.94. The van der Waals surface area contributed by atoms with Gasteiger partial charge in [-0.2, -0.15) is 0 Å². The van der Waals surface area contributed by atoms with Crippen LogP contribution < -0.4 is 0 Å². The zero-order valence-corrected chi connectivity index (χ0v) is 8.89. The van der Waals surface area contributed by atoms with E-state index in [1.54, 1.807) is 0 Å². The van der Waals surface area contributed by atoms with E-state index in [0.717, 1.165) is 5.69 Å². The van der Waals surface area contributed by atoms with Crippen LogP contribution in [0.25, 0.3) is 12.2 Å². The third-order valence-electron chi connectivity index (χ3n) is 1.84. The van der Waals surface area contributed by atoms with Crippen LogP contribution in [0.15, 0.2) is 47.9 Å². The number of allylic oxidation sites excluding steroid dienone is 2. The van der Waals surface area contributed by atoms with Crippen LogP contribution in [-0.2, 0) is 0 Å². The molecule has 0 aliphatic carbocycles. The Morgan fingerprint density at radius 3 is 2.53 bits per heavy atom. The van der Waals surface area contributed by atoms with Gasteiger partial charge in [0.1, 0.15) is 0 Å². The molecular formula is C12H10N2S. The van der Waals surface area contributed by atoms with Gasteiger partial charge in [-0.15, -0.1) is 5.10 Å². The van der Waals surface area contributed by atoms with E-state index in [9.17, 15) is 0 Å². The summed E-state index contributed by atoms with van der Waals surface area (Å²) in [4.78, 5) is 0. The average molecular weight is 214 g/mol. The molecular weight excluding hydrogens is 204 g/mol. The van der Waals surface area contributed by atoms with Crippen molar-refractivity contribution in [2.75, 3.05) is 0 Å². The number of hydrogen-bond donors (Lipinski definition) is 0. The normalized spacial score (nSPS) is 11.5. The monoisotopic (exact) mass is 214 g/mol. The first-order chi connectivity index (χ1) is 7.45. The smallest absolute Gasteiger partial charge is 0.0981 e. The van der Waals surface area contributed by atoms with E-state index in [4.69, 9.17) is 0 Å². The van der Waals surface area contributed by atoms with Gasteiger partial charge in [-0.25, -0.2) is 0 Å². The molecule has 0 amide bonds. The molecule has 0 unspecified atom stereocenters. The van der Waals surface area contributed by atoms with Crippen LogP contribution >= 0.6 is 11.5 Å². The van der Waals surface area contributed by atoms with Crippen molar-refractivity contribution in [3.63, 3.8) is 0 Å². The van der Waals surface area contributed by atoms with Crippen LogP contribution in [0.1, 0.15) is 11.3 Å². The van der Waals surface area contributed by atoms with Gasteiger partial charge in [-0.1, -0.05) is 53.0 Å². The van der Waals surface area contributed by atoms with Gasteiger partial charge in [-0.05, 0) is 23.2 Å². The van der Waals surface area contributed by atoms with E-state index in [-0.39, 0.29) is 0 Å². The van der Waals surface area contributed by atoms with Crippen LogP contribution in [-0.4, -0.2) is 9.59 Å². The van der Waals surface area contributed by atoms with Crippen molar-refractivity contribution < 1.29 is 0 Å². The summed E-state index contributed by atoms with van der Waals surface area (Å²) in [7, 11) is 0. The zero-order chi connectivity index (χ0) is 10.3. The third kappa shape index (κ3) is 3.14. The molecule has 0 radical (unpaired) electrons. The van der Waals surface area contributed by atoms with Gasteiger partial charge in [0.05, 0.1) is 5.69 Å². The van der Waals surface area contributed by atoms with Gasteiger partial charge in [0, 0.05) is 5.38 Å². The Morgan fingerprint density at radius 1 is 1.00 bits per heavy atom. The molecule has 15 heavy (non-hydrogen) atoms. The summed E-state index contributed by atoms with van der Waals surface area (Å²) in [5.74, 6) is 0. The highest BCUT2D eigenvalue weighted by Crippen LogP contribution is 2.03. The standard InChI is InChI=1S/C12H10N2S/c1-2-6-11(7-3-1)8-4-5-9-12-10-15-14-13-12/h1-10H. The van der Waals surface area contributed by atoms with Gasteiger partial charge < -0.3 is 0 Å². The molecule has 0 fully saturated rings. The number of hydrogen-bond acceptors (Lipinski definition) is 3. The molecule has 0 aliphatic rings. The van der Waals surface area contributed by atoms with E-state index in [1.807, 2.05) is 41.8 Å². The second kappa shape index (κ2) is 5.22. The fourth-order valence-electron chi connectivity index (χ4n) is 1.13. The summed E-state index contributed by atoms with van der Waals surface area (Å²) in [6, 6.07) is 10.2. The fraction of sp³-hybridized carbons (Fsp3) is 0. The fourth-order valence-corrected chi connectivity index (χ4v) is 1.55. The zero-order valence-electron chi connectivity index (χ0n) is 8.08. The first-order valence-electron chi connectivity index (χ1n) is 4.62. The first-order valence-corrected chi connectivity index (χ1v) is 5.46. The number of aromatic nitrogens is 2. The van der Waals surface area contributed by atoms with E-state index < -0.39 is 0 Å². The lowest BCUT2D eigenvalue weighted by molar-refractivity contribution is 1.14. The van der Waals surface area contributed by atoms with E-state index in [2.05, 4.69) is 27.8 Å². The second-order valence-corrected chi connectivity index (χ2v) is 3.57. The maximum absolute atomic E-state index is 3.91. The van der Waals surface area contributed by atoms with Gasteiger partial charge in [-0.3, -0.25) is 0 Å². The van der Waals surface area contributed by atoms with Crippen LogP contribution in [0.4, 0.5) is 0 Å². The maximum atomic E-state index is 3.91. The maximum Gasteiger partial charge on any atom is 0.0981 e. The van der Waals surface area contributed by atoms with Crippen LogP contribution in [0.2, 0.25) is 0 Å². The van der Waals surface area contributed by atoms with Gasteiger partial charge in [0.2, 0.25) is 0 Å². The summed E-state index contributed by atoms with van der Waals surface area (Å²) in [5.41, 5.74) is 2.09. The first kappa shape index (κ1) is 9.80. The van der Waals surface area contributed by atoms with Crippen LogP contribution in [0.5, 0.6) is 0 Å². The van der Waals surface area contributed by atoms with E-state index in [1.165, 1.54) is 17.1 Å². The summed E-state index contributed by atoms with van der Waals surface area (Å²) < 4.78 is 3.78. The van der Waals surface area contributed by atoms with E-state index in [0.29, 0.717) is 0 Å². The molecule has 0 N–H and O–H groups in total. The van der Waals surface area contributed by atoms with Gasteiger partial charge in [0.15, 0.2) is 0 Å². The lowest BCUT2D eigenvalue weighted by Gasteiger charge is -1.88. The average Bonchev–Trinajstić information content (AvgIpc) is 2.79. The Morgan fingerprint density at radius 2 is 1.80 bits per heavy atom. The van der Waals surface area contributed by atoms with Crippen molar-refractivity contribution in [1.82, 2.24) is 9.59 Å². The van der Waals surface area contributed by atoms with Gasteiger partial charge in [0.25, 0.3) is 0 Å². The number of nitrogens with zero attached hydrogens (tertiary/aromatic N) is 2. The number of benzene rings is 1. The second-order valence-electron chi connectivity index (χ2n) is 2.96. The van der Waals surface area contributed by atoms with Crippen molar-refractivity contribution in [1.29, 1.82) is 0 Å². The molecule has 1 aromatic carbocycles. The summed E-state index contributed by atoms with van der Waals surface area (Å²) >= 11 is 1.36. The highest BCUT2D eigenvalue weighted by atomic mass is 32.1. The molecule has 74 valence electrons. The SMILES string of the molecule is C(C=Cc1csnn1)=Cc1ccccc1. The predicted octanol–water partition coefficient (Wildman–Crippen LogP) is 3.26. The van der Waals surface area contributed by atoms with Crippen molar-refractivity contribution in [3.8, 4) is 0 Å². The topological polar surface area (TPSA) is 25.8 Å². The molecule has 2 nitrogen and oxygen atoms in total. The Labute approximate surface area is 92.8 Å². The minimum Gasteiger partial charge on any atom is -0.139 e. The Hall–Kier alpha value is -1.74. The molecule has 1 aromatic heterocycles. The number of rotatable bonds is 3. The third-order valence-corrected chi connectivity index (χ3v) is 2.37. The van der Waals surface area contributed by atoms with Crippen molar-refractivity contribution in [2.24, 2.45) is 0 Å². The quantitative estimate of drug-likeness (QED) is 0.733. The molecule has 1 heterocycles. The lowest BCUT2D eigenvalue weighted by atomic mass is 10.2. The Bertz CT molecular complexity index is 444. The highest BCUT2D eigenvalue weighted by molar-refractivity contribution is 7.03. The van der Waals surface area contributed by atoms with Crippen LogP contribution in [0, 0.1) is 0 Å². The summed E-state index contributed by atoms with van der Waals surface area (Å²) in [6.45, 7) is 0. The molecule has 2 aromatic rings. The highest BCUT2D eigenvalue weighted by Gasteiger charge is 1.85. The molecule has 0 saturated carbocycles. The molecule has 2 rings (SSSR count). The minimum absolute atomic E-state index is 0.901. The molecule has 3 heteroatoms. The molecule has 0 saturated heterocycles. The van der Waals surface area contributed by atoms with E-state index >= 15 is 0 Å². The molecule has 0 aliphatic heterocycles. The van der Waals surface area contributed by atoms with Crippen LogP contribution in [0.3, 0.4) is 0 Å². The Balaban J connectivity index is 1.96. The lowest BCUT2D eigenvalue weighted by Crippen LogP contribution is -1.69. The van der Waals surface area contributed by atoms with Crippen molar-refractivity contribution in [2.45, 2.75) is 0 Å². The molecule has 0 bridgehead atoms.